The fourth-order valence-corrected chi connectivity index (χ4v) is 1.56. The summed E-state index contributed by atoms with van der Waals surface area (Å²) >= 11 is 0. The molecule has 2 N–H and O–H groups in total. The number of anilines is 1. The van der Waals surface area contributed by atoms with Gasteiger partial charge in [0, 0.05) is 31.9 Å². The Labute approximate surface area is 120 Å². The van der Waals surface area contributed by atoms with Crippen LogP contribution >= 0.6 is 0 Å². The molecule has 1 amide bonds. The van der Waals surface area contributed by atoms with Crippen molar-refractivity contribution in [3.8, 4) is 0 Å². The molecule has 0 unspecified atom stereocenters. The largest absolute Gasteiger partial charge is 0.358 e. The standard InChI is InChI=1S/C14H24N4O2/c1-14(2,3)18(5)9-8-17(4)12-7-6-11(10-15-12)13(19)16-20/h6-7,10,20H,8-9H2,1-5H3,(H,16,19). The van der Waals surface area contributed by atoms with Gasteiger partial charge in [-0.2, -0.15) is 0 Å². The highest BCUT2D eigenvalue weighted by Crippen LogP contribution is 2.12. The first kappa shape index (κ1) is 16.4. The molecule has 0 fully saturated rings. The summed E-state index contributed by atoms with van der Waals surface area (Å²) in [7, 11) is 4.06. The highest BCUT2D eigenvalue weighted by atomic mass is 16.5. The third kappa shape index (κ3) is 4.47. The number of carbonyl (C=O) groups excluding carboxylic acids is 1. The summed E-state index contributed by atoms with van der Waals surface area (Å²) in [6, 6.07) is 3.40. The Bertz CT molecular complexity index is 439. The van der Waals surface area contributed by atoms with E-state index in [4.69, 9.17) is 5.21 Å². The highest BCUT2D eigenvalue weighted by molar-refractivity contribution is 5.93. The van der Waals surface area contributed by atoms with E-state index in [2.05, 4.69) is 37.7 Å². The summed E-state index contributed by atoms with van der Waals surface area (Å²) in [6.07, 6.45) is 1.45. The van der Waals surface area contributed by atoms with Crippen LogP contribution < -0.4 is 10.4 Å². The van der Waals surface area contributed by atoms with Gasteiger partial charge in [-0.05, 0) is 40.0 Å². The van der Waals surface area contributed by atoms with Crippen molar-refractivity contribution in [2.24, 2.45) is 0 Å². The minimum atomic E-state index is -0.556. The van der Waals surface area contributed by atoms with Crippen LogP contribution in [0.25, 0.3) is 0 Å². The Hall–Kier alpha value is -1.66. The number of hydrogen-bond donors (Lipinski definition) is 2. The second kappa shape index (κ2) is 6.67. The lowest BCUT2D eigenvalue weighted by atomic mass is 10.1. The topological polar surface area (TPSA) is 68.7 Å². The van der Waals surface area contributed by atoms with Gasteiger partial charge in [-0.1, -0.05) is 0 Å². The van der Waals surface area contributed by atoms with Crippen molar-refractivity contribution in [2.45, 2.75) is 26.3 Å². The molecule has 0 aromatic carbocycles. The maximum atomic E-state index is 11.2. The van der Waals surface area contributed by atoms with Crippen LogP contribution in [0.4, 0.5) is 5.82 Å². The number of likely N-dealkylation sites (N-methyl/N-ethyl adjacent to an activating group) is 2. The van der Waals surface area contributed by atoms with Crippen molar-refractivity contribution in [2.75, 3.05) is 32.1 Å². The second-order valence-corrected chi connectivity index (χ2v) is 5.86. The van der Waals surface area contributed by atoms with Crippen molar-refractivity contribution < 1.29 is 10.0 Å². The average Bonchev–Trinajstić information content (AvgIpc) is 2.42. The summed E-state index contributed by atoms with van der Waals surface area (Å²) in [5, 5.41) is 8.54. The number of hydroxylamine groups is 1. The molecule has 112 valence electrons. The van der Waals surface area contributed by atoms with Gasteiger partial charge in [0.05, 0.1) is 5.56 Å². The number of nitrogens with one attached hydrogen (secondary N) is 1. The SMILES string of the molecule is CN(CCN(C)C(C)(C)C)c1ccc(C(=O)NO)cn1. The van der Waals surface area contributed by atoms with Crippen LogP contribution in [-0.4, -0.2) is 53.7 Å². The van der Waals surface area contributed by atoms with Crippen molar-refractivity contribution in [1.82, 2.24) is 15.4 Å². The van der Waals surface area contributed by atoms with Crippen molar-refractivity contribution >= 4 is 11.7 Å². The predicted molar refractivity (Wildman–Crippen MR) is 79.1 cm³/mol. The minimum Gasteiger partial charge on any atom is -0.358 e. The molecular weight excluding hydrogens is 256 g/mol. The quantitative estimate of drug-likeness (QED) is 0.630. The lowest BCUT2D eigenvalue weighted by Gasteiger charge is -2.33. The van der Waals surface area contributed by atoms with Crippen molar-refractivity contribution in [3.63, 3.8) is 0 Å². The van der Waals surface area contributed by atoms with Crippen LogP contribution in [0.2, 0.25) is 0 Å². The molecular formula is C14H24N4O2. The van der Waals surface area contributed by atoms with Crippen LogP contribution in [-0.2, 0) is 0 Å². The lowest BCUT2D eigenvalue weighted by Crippen LogP contribution is -2.42. The first-order valence-corrected chi connectivity index (χ1v) is 6.58. The molecule has 0 aliphatic heterocycles. The van der Waals surface area contributed by atoms with Gasteiger partial charge in [0.1, 0.15) is 5.82 Å². The molecule has 0 saturated carbocycles. The van der Waals surface area contributed by atoms with Gasteiger partial charge >= 0.3 is 0 Å². The fraction of sp³-hybridized carbons (Fsp3) is 0.571. The van der Waals surface area contributed by atoms with Crippen LogP contribution in [0.1, 0.15) is 31.1 Å². The molecule has 0 spiro atoms. The number of nitrogens with zero attached hydrogens (tertiary/aromatic N) is 3. The van der Waals surface area contributed by atoms with E-state index in [1.807, 2.05) is 11.9 Å². The van der Waals surface area contributed by atoms with Gasteiger partial charge in [-0.3, -0.25) is 14.9 Å². The number of amides is 1. The molecule has 1 aromatic heterocycles. The van der Waals surface area contributed by atoms with Crippen molar-refractivity contribution in [1.29, 1.82) is 0 Å². The normalized spacial score (nSPS) is 11.6. The van der Waals surface area contributed by atoms with Gasteiger partial charge in [0.15, 0.2) is 0 Å². The van der Waals surface area contributed by atoms with E-state index < -0.39 is 5.91 Å². The Morgan fingerprint density at radius 3 is 2.40 bits per heavy atom. The Balaban J connectivity index is 2.60. The Morgan fingerprint density at radius 2 is 1.95 bits per heavy atom. The Morgan fingerprint density at radius 1 is 1.30 bits per heavy atom. The maximum absolute atomic E-state index is 11.2. The smallest absolute Gasteiger partial charge is 0.276 e. The van der Waals surface area contributed by atoms with Crippen molar-refractivity contribution in [3.05, 3.63) is 23.9 Å². The Kier molecular flexibility index (Phi) is 5.47. The van der Waals surface area contributed by atoms with E-state index in [1.54, 1.807) is 17.6 Å². The van der Waals surface area contributed by atoms with Crippen LogP contribution in [0.3, 0.4) is 0 Å². The van der Waals surface area contributed by atoms with E-state index in [0.717, 1.165) is 18.9 Å². The highest BCUT2D eigenvalue weighted by Gasteiger charge is 2.17. The van der Waals surface area contributed by atoms with E-state index in [-0.39, 0.29) is 5.54 Å². The summed E-state index contributed by atoms with van der Waals surface area (Å²) in [4.78, 5) is 19.7. The summed E-state index contributed by atoms with van der Waals surface area (Å²) in [6.45, 7) is 8.28. The maximum Gasteiger partial charge on any atom is 0.276 e. The summed E-state index contributed by atoms with van der Waals surface area (Å²) in [5.41, 5.74) is 2.05. The molecule has 0 radical (unpaired) electrons. The first-order chi connectivity index (χ1) is 9.25. The number of carbonyl (C=O) groups is 1. The lowest BCUT2D eigenvalue weighted by molar-refractivity contribution is 0.0706. The third-order valence-electron chi connectivity index (χ3n) is 3.42. The first-order valence-electron chi connectivity index (χ1n) is 6.58. The molecule has 0 aliphatic rings. The molecule has 1 aromatic rings. The van der Waals surface area contributed by atoms with E-state index in [9.17, 15) is 4.79 Å². The fourth-order valence-electron chi connectivity index (χ4n) is 1.56. The number of pyridine rings is 1. The molecule has 20 heavy (non-hydrogen) atoms. The van der Waals surface area contributed by atoms with Gasteiger partial charge in [-0.15, -0.1) is 0 Å². The number of hydrogen-bond acceptors (Lipinski definition) is 5. The molecule has 6 heteroatoms. The van der Waals surface area contributed by atoms with Crippen LogP contribution in [0, 0.1) is 0 Å². The van der Waals surface area contributed by atoms with E-state index in [1.165, 1.54) is 6.20 Å². The second-order valence-electron chi connectivity index (χ2n) is 5.86. The zero-order valence-corrected chi connectivity index (χ0v) is 12.8. The molecule has 6 nitrogen and oxygen atoms in total. The molecule has 0 aliphatic carbocycles. The molecule has 0 bridgehead atoms. The van der Waals surface area contributed by atoms with Gasteiger partial charge in [0.25, 0.3) is 5.91 Å². The molecule has 0 saturated heterocycles. The van der Waals surface area contributed by atoms with Crippen LogP contribution in [0.5, 0.6) is 0 Å². The summed E-state index contributed by atoms with van der Waals surface area (Å²) < 4.78 is 0. The zero-order chi connectivity index (χ0) is 15.3. The average molecular weight is 280 g/mol. The molecule has 1 heterocycles. The molecule has 0 atom stereocenters. The summed E-state index contributed by atoms with van der Waals surface area (Å²) in [5.74, 6) is 0.237. The number of rotatable bonds is 5. The minimum absolute atomic E-state index is 0.136. The third-order valence-corrected chi connectivity index (χ3v) is 3.42. The molecule has 1 rings (SSSR count). The van der Waals surface area contributed by atoms with Gasteiger partial charge < -0.3 is 4.90 Å². The zero-order valence-electron chi connectivity index (χ0n) is 12.8. The van der Waals surface area contributed by atoms with E-state index in [0.29, 0.717) is 5.56 Å². The monoisotopic (exact) mass is 280 g/mol. The van der Waals surface area contributed by atoms with Gasteiger partial charge in [0.2, 0.25) is 0 Å². The van der Waals surface area contributed by atoms with Gasteiger partial charge in [-0.25, -0.2) is 10.5 Å². The van der Waals surface area contributed by atoms with Crippen LogP contribution in [0.15, 0.2) is 18.3 Å². The predicted octanol–water partition coefficient (Wildman–Crippen LogP) is 1.37. The van der Waals surface area contributed by atoms with E-state index >= 15 is 0 Å². The number of aromatic nitrogens is 1.